The van der Waals surface area contributed by atoms with Crippen molar-refractivity contribution in [1.82, 2.24) is 5.32 Å². The molecule has 0 saturated carbocycles. The molecule has 3 aromatic carbocycles. The number of aryl methyl sites for hydroxylation is 1. The Labute approximate surface area is 187 Å². The fraction of sp³-hybridized carbons (Fsp3) is 0.148. The third kappa shape index (κ3) is 4.31. The van der Waals surface area contributed by atoms with Crippen LogP contribution in [0, 0.1) is 0 Å². The molecule has 0 spiro atoms. The van der Waals surface area contributed by atoms with E-state index >= 15 is 0 Å². The van der Waals surface area contributed by atoms with Crippen LogP contribution in [0.2, 0.25) is 0 Å². The van der Waals surface area contributed by atoms with Gasteiger partial charge < -0.3 is 11.1 Å². The van der Waals surface area contributed by atoms with Crippen LogP contribution in [0.4, 0.5) is 5.69 Å². The van der Waals surface area contributed by atoms with Crippen LogP contribution in [0.5, 0.6) is 0 Å². The van der Waals surface area contributed by atoms with Crippen molar-refractivity contribution in [2.75, 3.05) is 0 Å². The number of rotatable bonds is 6. The van der Waals surface area contributed by atoms with Crippen molar-refractivity contribution < 1.29 is 0 Å². The lowest BCUT2D eigenvalue weighted by molar-refractivity contribution is 0.530. The van der Waals surface area contributed by atoms with Crippen LogP contribution in [0.3, 0.4) is 0 Å². The normalized spacial score (nSPS) is 15.7. The standard InChI is InChI=1S/C27H25N3S/c28-27(26-11-6-16-31-26)30-22-13-14-24-20(17-22)12-15-25(24)29-18-21-9-4-5-10-23(21)19-7-2-1-3-8-19/h1-11,13-14,16-17,25,29H,12,15,18H2,(H2,28,30). The molecule has 1 aromatic heterocycles. The zero-order chi connectivity index (χ0) is 21.0. The van der Waals surface area contributed by atoms with E-state index in [0.717, 1.165) is 30.0 Å². The molecule has 0 bridgehead atoms. The van der Waals surface area contributed by atoms with E-state index in [1.54, 1.807) is 11.3 Å². The summed E-state index contributed by atoms with van der Waals surface area (Å²) in [6, 6.07) is 30.1. The third-order valence-electron chi connectivity index (χ3n) is 5.87. The predicted octanol–water partition coefficient (Wildman–Crippen LogP) is 6.23. The number of hydrogen-bond acceptors (Lipinski definition) is 3. The maximum Gasteiger partial charge on any atom is 0.141 e. The highest BCUT2D eigenvalue weighted by Gasteiger charge is 2.22. The summed E-state index contributed by atoms with van der Waals surface area (Å²) in [4.78, 5) is 5.64. The zero-order valence-corrected chi connectivity index (χ0v) is 18.1. The van der Waals surface area contributed by atoms with Gasteiger partial charge in [0.1, 0.15) is 5.84 Å². The summed E-state index contributed by atoms with van der Waals surface area (Å²) in [5.74, 6) is 0.583. The first kappa shape index (κ1) is 19.7. The highest BCUT2D eigenvalue weighted by atomic mass is 32.1. The van der Waals surface area contributed by atoms with Gasteiger partial charge in [-0.15, -0.1) is 11.3 Å². The molecule has 1 aliphatic rings. The molecule has 4 heteroatoms. The molecule has 4 aromatic rings. The van der Waals surface area contributed by atoms with E-state index in [1.165, 1.54) is 27.8 Å². The SMILES string of the molecule is NC(=Nc1ccc2c(c1)CCC2NCc1ccccc1-c1ccccc1)c1cccs1. The second-order valence-corrected chi connectivity index (χ2v) is 8.80. The average molecular weight is 424 g/mol. The molecule has 1 aliphatic carbocycles. The lowest BCUT2D eigenvalue weighted by atomic mass is 9.99. The van der Waals surface area contributed by atoms with Crippen molar-refractivity contribution in [2.45, 2.75) is 25.4 Å². The minimum atomic E-state index is 0.367. The predicted molar refractivity (Wildman–Crippen MR) is 131 cm³/mol. The van der Waals surface area contributed by atoms with Crippen LogP contribution < -0.4 is 11.1 Å². The summed E-state index contributed by atoms with van der Waals surface area (Å²) in [5.41, 5.74) is 13.7. The van der Waals surface area contributed by atoms with Gasteiger partial charge >= 0.3 is 0 Å². The molecular formula is C27H25N3S. The lowest BCUT2D eigenvalue weighted by Crippen LogP contribution is -2.19. The molecule has 31 heavy (non-hydrogen) atoms. The van der Waals surface area contributed by atoms with Crippen LogP contribution in [0.15, 0.2) is 95.3 Å². The van der Waals surface area contributed by atoms with Gasteiger partial charge in [-0.2, -0.15) is 0 Å². The first-order valence-electron chi connectivity index (χ1n) is 10.7. The summed E-state index contributed by atoms with van der Waals surface area (Å²) in [6.07, 6.45) is 2.17. The Morgan fingerprint density at radius 2 is 1.81 bits per heavy atom. The maximum absolute atomic E-state index is 6.17. The number of benzene rings is 3. The van der Waals surface area contributed by atoms with E-state index in [0.29, 0.717) is 11.9 Å². The summed E-state index contributed by atoms with van der Waals surface area (Å²) < 4.78 is 0. The Morgan fingerprint density at radius 3 is 2.65 bits per heavy atom. The molecule has 1 atom stereocenters. The number of thiophene rings is 1. The Bertz CT molecular complexity index is 1200. The topological polar surface area (TPSA) is 50.4 Å². The summed E-state index contributed by atoms with van der Waals surface area (Å²) >= 11 is 1.61. The molecule has 0 saturated heterocycles. The van der Waals surface area contributed by atoms with E-state index < -0.39 is 0 Å². The van der Waals surface area contributed by atoms with Gasteiger partial charge in [0.2, 0.25) is 0 Å². The number of nitrogens with zero attached hydrogens (tertiary/aromatic N) is 1. The number of nitrogens with two attached hydrogens (primary N) is 1. The van der Waals surface area contributed by atoms with Crippen molar-refractivity contribution in [3.8, 4) is 11.1 Å². The van der Waals surface area contributed by atoms with E-state index in [4.69, 9.17) is 5.73 Å². The largest absolute Gasteiger partial charge is 0.383 e. The molecule has 0 fully saturated rings. The van der Waals surface area contributed by atoms with Crippen LogP contribution in [0.1, 0.15) is 34.0 Å². The maximum atomic E-state index is 6.17. The van der Waals surface area contributed by atoms with Gasteiger partial charge in [0, 0.05) is 12.6 Å². The monoisotopic (exact) mass is 423 g/mol. The van der Waals surface area contributed by atoms with E-state index in [2.05, 4.69) is 83.1 Å². The summed E-state index contributed by atoms with van der Waals surface area (Å²) in [5, 5.41) is 5.81. The van der Waals surface area contributed by atoms with Crippen LogP contribution in [-0.4, -0.2) is 5.84 Å². The summed E-state index contributed by atoms with van der Waals surface area (Å²) in [6.45, 7) is 0.848. The van der Waals surface area contributed by atoms with Gasteiger partial charge in [-0.1, -0.05) is 66.7 Å². The van der Waals surface area contributed by atoms with Gasteiger partial charge in [0.25, 0.3) is 0 Å². The Morgan fingerprint density at radius 1 is 0.968 bits per heavy atom. The first-order valence-corrected chi connectivity index (χ1v) is 11.5. The van der Waals surface area contributed by atoms with Crippen molar-refractivity contribution in [3.63, 3.8) is 0 Å². The molecule has 1 heterocycles. The van der Waals surface area contributed by atoms with Crippen LogP contribution >= 0.6 is 11.3 Å². The Balaban J connectivity index is 1.32. The van der Waals surface area contributed by atoms with Crippen molar-refractivity contribution >= 4 is 22.9 Å². The molecular weight excluding hydrogens is 398 g/mol. The number of aliphatic imine (C=N–C) groups is 1. The molecule has 0 amide bonds. The zero-order valence-electron chi connectivity index (χ0n) is 17.3. The van der Waals surface area contributed by atoms with Gasteiger partial charge in [-0.25, -0.2) is 4.99 Å². The molecule has 3 nitrogen and oxygen atoms in total. The lowest BCUT2D eigenvalue weighted by Gasteiger charge is -2.16. The minimum absolute atomic E-state index is 0.367. The summed E-state index contributed by atoms with van der Waals surface area (Å²) in [7, 11) is 0. The van der Waals surface area contributed by atoms with E-state index in [9.17, 15) is 0 Å². The Kier molecular flexibility index (Phi) is 5.65. The van der Waals surface area contributed by atoms with Crippen molar-refractivity contribution in [1.29, 1.82) is 0 Å². The molecule has 3 N–H and O–H groups in total. The van der Waals surface area contributed by atoms with Crippen LogP contribution in [0.25, 0.3) is 11.1 Å². The highest BCUT2D eigenvalue weighted by molar-refractivity contribution is 7.12. The fourth-order valence-corrected chi connectivity index (χ4v) is 4.94. The third-order valence-corrected chi connectivity index (χ3v) is 6.76. The van der Waals surface area contributed by atoms with E-state index in [-0.39, 0.29) is 0 Å². The second-order valence-electron chi connectivity index (χ2n) is 7.85. The van der Waals surface area contributed by atoms with Gasteiger partial charge in [-0.3, -0.25) is 0 Å². The van der Waals surface area contributed by atoms with Gasteiger partial charge in [0.15, 0.2) is 0 Å². The highest BCUT2D eigenvalue weighted by Crippen LogP contribution is 2.34. The number of hydrogen-bond donors (Lipinski definition) is 2. The number of fused-ring (bicyclic) bond motifs is 1. The average Bonchev–Trinajstić information content (AvgIpc) is 3.49. The number of nitrogens with one attached hydrogen (secondary N) is 1. The molecule has 0 aliphatic heterocycles. The fourth-order valence-electron chi connectivity index (χ4n) is 4.31. The van der Waals surface area contributed by atoms with Crippen LogP contribution in [-0.2, 0) is 13.0 Å². The molecule has 5 rings (SSSR count). The number of amidine groups is 1. The van der Waals surface area contributed by atoms with Crippen molar-refractivity contribution in [3.05, 3.63) is 112 Å². The minimum Gasteiger partial charge on any atom is -0.383 e. The first-order chi connectivity index (χ1) is 15.3. The van der Waals surface area contributed by atoms with Crippen molar-refractivity contribution in [2.24, 2.45) is 10.7 Å². The molecule has 0 radical (unpaired) electrons. The smallest absolute Gasteiger partial charge is 0.141 e. The quantitative estimate of drug-likeness (QED) is 0.285. The van der Waals surface area contributed by atoms with Gasteiger partial charge in [-0.05, 0) is 64.2 Å². The Hall–Kier alpha value is -3.21. The van der Waals surface area contributed by atoms with E-state index in [1.807, 2.05) is 17.5 Å². The molecule has 154 valence electrons. The van der Waals surface area contributed by atoms with Gasteiger partial charge in [0.05, 0.1) is 10.6 Å². The second kappa shape index (κ2) is 8.88. The molecule has 1 unspecified atom stereocenters.